The molecule has 0 spiro atoms. The first-order valence-corrected chi connectivity index (χ1v) is 6.91. The van der Waals surface area contributed by atoms with E-state index in [0.717, 1.165) is 12.0 Å². The maximum atomic E-state index is 10.8. The molecule has 3 unspecified atom stereocenters. The van der Waals surface area contributed by atoms with Gasteiger partial charge in [-0.15, -0.1) is 0 Å². The average molecular weight is 327 g/mol. The fourth-order valence-corrected chi connectivity index (χ4v) is 2.09. The summed E-state index contributed by atoms with van der Waals surface area (Å²) in [5.41, 5.74) is 2.19. The van der Waals surface area contributed by atoms with E-state index in [-0.39, 0.29) is 72.2 Å². The van der Waals surface area contributed by atoms with Crippen LogP contribution in [0.15, 0.2) is 24.3 Å². The summed E-state index contributed by atoms with van der Waals surface area (Å²) in [5.74, 6) is 0.493. The molecule has 0 aliphatic rings. The number of hydrogen-bond acceptors (Lipinski definition) is 5. The molecule has 3 atom stereocenters. The van der Waals surface area contributed by atoms with Gasteiger partial charge in [0.25, 0.3) is 0 Å². The van der Waals surface area contributed by atoms with Gasteiger partial charge in [0.1, 0.15) is 0 Å². The van der Waals surface area contributed by atoms with Crippen LogP contribution in [0.2, 0.25) is 0 Å². The molecule has 0 aliphatic heterocycles. The Labute approximate surface area is 176 Å². The van der Waals surface area contributed by atoms with Crippen molar-refractivity contribution >= 4 is 0 Å². The predicted octanol–water partition coefficient (Wildman–Crippen LogP) is -6.63. The fraction of sp³-hybridized carbons (Fsp3) is 0.600. The van der Waals surface area contributed by atoms with Gasteiger partial charge in [-0.05, 0) is 36.0 Å². The maximum Gasteiger partial charge on any atom is 1.00 e. The van der Waals surface area contributed by atoms with Crippen molar-refractivity contribution in [3.8, 4) is 0 Å². The van der Waals surface area contributed by atoms with E-state index in [2.05, 4.69) is 13.8 Å². The van der Waals surface area contributed by atoms with Gasteiger partial charge in [0.05, 0.1) is 0 Å². The number of rotatable bonds is 8. The molecule has 114 valence electrons. The molecule has 1 aromatic rings. The second-order valence-electron chi connectivity index (χ2n) is 5.15. The number of nitrogens with zero attached hydrogens (tertiary/aromatic N) is 1. The van der Waals surface area contributed by atoms with Gasteiger partial charge in [0.15, 0.2) is 0 Å². The SMILES string of the molecule is CCC(C)c1ccc(CN(CC([O-])O)CC([O-])O)cc1.[Na+].[Na+]. The second kappa shape index (κ2) is 13.3. The third-order valence-corrected chi connectivity index (χ3v) is 3.40. The molecule has 0 saturated carbocycles. The standard InChI is InChI=1S/C15H23NO4.2Na/c1-3-11(2)13-6-4-12(5-7-13)8-16(9-14(17)18)10-15(19)20;;/h4-7,11,14-15,17,19H,3,8-10H2,1-2H3;;/q-2;2*+1. The van der Waals surface area contributed by atoms with Crippen molar-refractivity contribution in [3.05, 3.63) is 35.4 Å². The summed E-state index contributed by atoms with van der Waals surface area (Å²) in [6.07, 6.45) is -2.47. The van der Waals surface area contributed by atoms with Gasteiger partial charge < -0.3 is 20.4 Å². The summed E-state index contributed by atoms with van der Waals surface area (Å²) in [6.45, 7) is 4.30. The van der Waals surface area contributed by atoms with Crippen LogP contribution in [0.1, 0.15) is 37.3 Å². The molecule has 0 bridgehead atoms. The first kappa shape index (κ1) is 25.3. The summed E-state index contributed by atoms with van der Waals surface area (Å²) >= 11 is 0. The van der Waals surface area contributed by atoms with Gasteiger partial charge in [-0.25, -0.2) is 0 Å². The zero-order valence-electron chi connectivity index (χ0n) is 14.0. The van der Waals surface area contributed by atoms with E-state index < -0.39 is 12.6 Å². The van der Waals surface area contributed by atoms with Crippen molar-refractivity contribution in [1.82, 2.24) is 4.90 Å². The number of benzene rings is 1. The third kappa shape index (κ3) is 10.0. The molecule has 5 nitrogen and oxygen atoms in total. The molecule has 2 N–H and O–H groups in total. The van der Waals surface area contributed by atoms with E-state index in [1.165, 1.54) is 10.5 Å². The van der Waals surface area contributed by atoms with Gasteiger partial charge in [-0.2, -0.15) is 0 Å². The predicted molar refractivity (Wildman–Crippen MR) is 72.4 cm³/mol. The van der Waals surface area contributed by atoms with Crippen molar-refractivity contribution in [1.29, 1.82) is 0 Å². The second-order valence-corrected chi connectivity index (χ2v) is 5.15. The monoisotopic (exact) mass is 327 g/mol. The van der Waals surface area contributed by atoms with Gasteiger partial charge in [-0.1, -0.05) is 38.1 Å². The molecule has 1 aromatic carbocycles. The Bertz CT molecular complexity index is 378. The van der Waals surface area contributed by atoms with Crippen molar-refractivity contribution in [2.24, 2.45) is 0 Å². The van der Waals surface area contributed by atoms with Crippen molar-refractivity contribution in [2.75, 3.05) is 13.1 Å². The van der Waals surface area contributed by atoms with Crippen LogP contribution >= 0.6 is 0 Å². The van der Waals surface area contributed by atoms with Crippen molar-refractivity contribution in [3.63, 3.8) is 0 Å². The Balaban J connectivity index is 0. The molecular weight excluding hydrogens is 304 g/mol. The van der Waals surface area contributed by atoms with Crippen molar-refractivity contribution < 1.29 is 79.5 Å². The van der Waals surface area contributed by atoms with Crippen LogP contribution < -0.4 is 69.3 Å². The van der Waals surface area contributed by atoms with Crippen LogP contribution in [0.25, 0.3) is 0 Å². The first-order valence-electron chi connectivity index (χ1n) is 6.91. The minimum Gasteiger partial charge on any atom is -0.830 e. The normalized spacial score (nSPS) is 14.7. The van der Waals surface area contributed by atoms with Crippen LogP contribution in [0.4, 0.5) is 0 Å². The molecule has 7 heteroatoms. The minimum absolute atomic E-state index is 0. The molecule has 0 radical (unpaired) electrons. The van der Waals surface area contributed by atoms with Gasteiger partial charge in [-0.3, -0.25) is 4.90 Å². The zero-order valence-corrected chi connectivity index (χ0v) is 18.0. The van der Waals surface area contributed by atoms with E-state index in [1.54, 1.807) is 0 Å². The summed E-state index contributed by atoms with van der Waals surface area (Å²) in [6, 6.07) is 7.96. The molecule has 0 saturated heterocycles. The Kier molecular flexibility index (Phi) is 15.3. The Morgan fingerprint density at radius 3 is 1.82 bits per heavy atom. The minimum atomic E-state index is -1.77. The molecule has 0 aromatic heterocycles. The Hall–Kier alpha value is 1.02. The topological polar surface area (TPSA) is 89.8 Å². The number of hydrogen-bond donors (Lipinski definition) is 2. The largest absolute Gasteiger partial charge is 1.00 e. The molecule has 22 heavy (non-hydrogen) atoms. The van der Waals surface area contributed by atoms with Gasteiger partial charge >= 0.3 is 59.1 Å². The molecule has 0 amide bonds. The van der Waals surface area contributed by atoms with Crippen LogP contribution in [0.5, 0.6) is 0 Å². The molecule has 0 heterocycles. The van der Waals surface area contributed by atoms with Crippen LogP contribution in [-0.4, -0.2) is 40.8 Å². The average Bonchev–Trinajstić information content (AvgIpc) is 2.37. The van der Waals surface area contributed by atoms with E-state index in [0.29, 0.717) is 12.5 Å². The molecule has 0 aliphatic carbocycles. The molecular formula is C15H23NNa2O4. The van der Waals surface area contributed by atoms with Crippen LogP contribution in [0, 0.1) is 0 Å². The number of aliphatic hydroxyl groups is 2. The Morgan fingerprint density at radius 1 is 1.00 bits per heavy atom. The molecule has 0 fully saturated rings. The van der Waals surface area contributed by atoms with E-state index >= 15 is 0 Å². The third-order valence-electron chi connectivity index (χ3n) is 3.40. The van der Waals surface area contributed by atoms with E-state index in [1.807, 2.05) is 24.3 Å². The van der Waals surface area contributed by atoms with E-state index in [9.17, 15) is 10.2 Å². The van der Waals surface area contributed by atoms with E-state index in [4.69, 9.17) is 10.2 Å². The smallest absolute Gasteiger partial charge is 0.830 e. The van der Waals surface area contributed by atoms with Crippen LogP contribution in [-0.2, 0) is 6.54 Å². The maximum absolute atomic E-state index is 10.8. The van der Waals surface area contributed by atoms with Crippen molar-refractivity contribution in [2.45, 2.75) is 45.3 Å². The summed E-state index contributed by atoms with van der Waals surface area (Å²) in [5, 5.41) is 39.4. The van der Waals surface area contributed by atoms with Crippen LogP contribution in [0.3, 0.4) is 0 Å². The Morgan fingerprint density at radius 2 is 1.45 bits per heavy atom. The number of aliphatic hydroxyl groups excluding tert-OH is 2. The summed E-state index contributed by atoms with van der Waals surface area (Å²) in [4.78, 5) is 1.47. The fourth-order valence-electron chi connectivity index (χ4n) is 2.09. The van der Waals surface area contributed by atoms with Gasteiger partial charge in [0, 0.05) is 19.6 Å². The molecule has 1 rings (SSSR count). The van der Waals surface area contributed by atoms with Gasteiger partial charge in [0.2, 0.25) is 0 Å². The summed E-state index contributed by atoms with van der Waals surface area (Å²) in [7, 11) is 0. The zero-order chi connectivity index (χ0) is 15.1. The quantitative estimate of drug-likeness (QED) is 0.366. The summed E-state index contributed by atoms with van der Waals surface area (Å²) < 4.78 is 0. The first-order chi connectivity index (χ1) is 9.42.